The standard InChI is InChI=1S/C15H32N2O2/c1-7-16-15(6,14(18)19)9-8-10-17(13(4)5)11-12(2)3/h12-13,16H,7-11H2,1-6H3,(H,18,19). The monoisotopic (exact) mass is 272 g/mol. The van der Waals surface area contributed by atoms with E-state index in [1.54, 1.807) is 6.92 Å². The first-order chi connectivity index (χ1) is 8.73. The van der Waals surface area contributed by atoms with Gasteiger partial charge in [0, 0.05) is 12.6 Å². The molecule has 0 aromatic carbocycles. The fraction of sp³-hybridized carbons (Fsp3) is 0.933. The Morgan fingerprint density at radius 2 is 1.89 bits per heavy atom. The number of aliphatic carboxylic acids is 1. The molecular formula is C15H32N2O2. The molecule has 2 N–H and O–H groups in total. The minimum atomic E-state index is -0.796. The van der Waals surface area contributed by atoms with Gasteiger partial charge in [0.05, 0.1) is 0 Å². The van der Waals surface area contributed by atoms with Gasteiger partial charge in [-0.2, -0.15) is 0 Å². The zero-order valence-electron chi connectivity index (χ0n) is 13.5. The van der Waals surface area contributed by atoms with E-state index in [1.807, 2.05) is 6.92 Å². The Hall–Kier alpha value is -0.610. The summed E-state index contributed by atoms with van der Waals surface area (Å²) in [6.07, 6.45) is 1.57. The second kappa shape index (κ2) is 8.54. The van der Waals surface area contributed by atoms with Crippen LogP contribution in [0.4, 0.5) is 0 Å². The molecule has 0 rings (SSSR count). The molecule has 0 aliphatic carbocycles. The molecule has 0 aliphatic heterocycles. The van der Waals surface area contributed by atoms with Crippen molar-refractivity contribution in [1.29, 1.82) is 0 Å². The van der Waals surface area contributed by atoms with Crippen molar-refractivity contribution in [2.75, 3.05) is 19.6 Å². The van der Waals surface area contributed by atoms with Crippen LogP contribution in [0, 0.1) is 5.92 Å². The lowest BCUT2D eigenvalue weighted by Crippen LogP contribution is -2.50. The van der Waals surface area contributed by atoms with E-state index in [4.69, 9.17) is 0 Å². The number of nitrogens with zero attached hydrogens (tertiary/aromatic N) is 1. The Kier molecular flexibility index (Phi) is 8.26. The highest BCUT2D eigenvalue weighted by Gasteiger charge is 2.31. The maximum absolute atomic E-state index is 11.3. The van der Waals surface area contributed by atoms with Gasteiger partial charge in [-0.25, -0.2) is 0 Å². The average Bonchev–Trinajstić information content (AvgIpc) is 2.27. The topological polar surface area (TPSA) is 52.6 Å². The smallest absolute Gasteiger partial charge is 0.323 e. The summed E-state index contributed by atoms with van der Waals surface area (Å²) in [6, 6.07) is 0.512. The summed E-state index contributed by atoms with van der Waals surface area (Å²) < 4.78 is 0. The van der Waals surface area contributed by atoms with Crippen molar-refractivity contribution in [2.24, 2.45) is 5.92 Å². The summed E-state index contributed by atoms with van der Waals surface area (Å²) in [5.74, 6) is -0.115. The van der Waals surface area contributed by atoms with Gasteiger partial charge in [0.1, 0.15) is 5.54 Å². The summed E-state index contributed by atoms with van der Waals surface area (Å²) in [5, 5.41) is 12.4. The average molecular weight is 272 g/mol. The molecular weight excluding hydrogens is 240 g/mol. The third kappa shape index (κ3) is 6.92. The van der Waals surface area contributed by atoms with Crippen LogP contribution in [-0.2, 0) is 4.79 Å². The molecule has 0 fully saturated rings. The van der Waals surface area contributed by atoms with Crippen LogP contribution in [0.1, 0.15) is 54.4 Å². The van der Waals surface area contributed by atoms with Crippen molar-refractivity contribution in [3.8, 4) is 0 Å². The number of hydrogen-bond donors (Lipinski definition) is 2. The number of carbonyl (C=O) groups is 1. The molecule has 0 saturated carbocycles. The normalized spacial score (nSPS) is 15.2. The predicted octanol–water partition coefficient (Wildman–Crippen LogP) is 2.59. The Morgan fingerprint density at radius 3 is 2.26 bits per heavy atom. The fourth-order valence-electron chi connectivity index (χ4n) is 2.33. The number of carboxylic acids is 1. The van der Waals surface area contributed by atoms with Gasteiger partial charge in [0.15, 0.2) is 0 Å². The van der Waals surface area contributed by atoms with Crippen molar-refractivity contribution in [3.05, 3.63) is 0 Å². The van der Waals surface area contributed by atoms with Crippen molar-refractivity contribution >= 4 is 5.97 Å². The van der Waals surface area contributed by atoms with Crippen molar-refractivity contribution in [1.82, 2.24) is 10.2 Å². The number of nitrogens with one attached hydrogen (secondary N) is 1. The number of rotatable bonds is 10. The molecule has 4 heteroatoms. The molecule has 1 unspecified atom stereocenters. The summed E-state index contributed by atoms with van der Waals surface area (Å²) in [7, 11) is 0. The van der Waals surface area contributed by atoms with E-state index in [0.29, 0.717) is 24.9 Å². The van der Waals surface area contributed by atoms with E-state index in [0.717, 1.165) is 19.5 Å². The van der Waals surface area contributed by atoms with Gasteiger partial charge >= 0.3 is 5.97 Å². The fourth-order valence-corrected chi connectivity index (χ4v) is 2.33. The van der Waals surface area contributed by atoms with E-state index in [1.165, 1.54) is 0 Å². The maximum atomic E-state index is 11.3. The largest absolute Gasteiger partial charge is 0.480 e. The third-order valence-corrected chi connectivity index (χ3v) is 3.49. The molecule has 0 saturated heterocycles. The third-order valence-electron chi connectivity index (χ3n) is 3.49. The zero-order valence-corrected chi connectivity index (χ0v) is 13.5. The number of carboxylic acid groups (broad SMARTS) is 1. The zero-order chi connectivity index (χ0) is 15.1. The van der Waals surface area contributed by atoms with E-state index in [-0.39, 0.29) is 0 Å². The highest BCUT2D eigenvalue weighted by Crippen LogP contribution is 2.14. The SMILES string of the molecule is CCNC(C)(CCCN(CC(C)C)C(C)C)C(=O)O. The quantitative estimate of drug-likeness (QED) is 0.642. The molecule has 0 aliphatic rings. The summed E-state index contributed by atoms with van der Waals surface area (Å²) in [4.78, 5) is 13.8. The van der Waals surface area contributed by atoms with Gasteiger partial charge in [-0.1, -0.05) is 20.8 Å². The highest BCUT2D eigenvalue weighted by molar-refractivity contribution is 5.78. The molecule has 0 aromatic rings. The summed E-state index contributed by atoms with van der Waals surface area (Å²) in [6.45, 7) is 15.3. The lowest BCUT2D eigenvalue weighted by atomic mass is 9.95. The molecule has 1 atom stereocenters. The van der Waals surface area contributed by atoms with Crippen molar-refractivity contribution in [2.45, 2.75) is 66.0 Å². The first-order valence-corrected chi connectivity index (χ1v) is 7.45. The van der Waals surface area contributed by atoms with E-state index in [9.17, 15) is 9.90 Å². The van der Waals surface area contributed by atoms with Crippen LogP contribution in [-0.4, -0.2) is 47.2 Å². The maximum Gasteiger partial charge on any atom is 0.323 e. The molecule has 19 heavy (non-hydrogen) atoms. The van der Waals surface area contributed by atoms with E-state index >= 15 is 0 Å². The Morgan fingerprint density at radius 1 is 1.32 bits per heavy atom. The number of hydrogen-bond acceptors (Lipinski definition) is 3. The predicted molar refractivity (Wildman–Crippen MR) is 80.5 cm³/mol. The van der Waals surface area contributed by atoms with Gasteiger partial charge in [-0.05, 0) is 52.6 Å². The molecule has 0 radical (unpaired) electrons. The number of likely N-dealkylation sites (N-methyl/N-ethyl adjacent to an activating group) is 1. The van der Waals surface area contributed by atoms with E-state index < -0.39 is 11.5 Å². The molecule has 0 heterocycles. The van der Waals surface area contributed by atoms with Crippen LogP contribution in [0.3, 0.4) is 0 Å². The second-order valence-electron chi connectivity index (χ2n) is 6.25. The van der Waals surface area contributed by atoms with Crippen LogP contribution < -0.4 is 5.32 Å². The Labute approximate surface area is 118 Å². The van der Waals surface area contributed by atoms with Gasteiger partial charge in [-0.15, -0.1) is 0 Å². The molecule has 4 nitrogen and oxygen atoms in total. The van der Waals surface area contributed by atoms with Gasteiger partial charge in [0.2, 0.25) is 0 Å². The van der Waals surface area contributed by atoms with Crippen LogP contribution in [0.2, 0.25) is 0 Å². The first kappa shape index (κ1) is 18.4. The second-order valence-corrected chi connectivity index (χ2v) is 6.25. The summed E-state index contributed by atoms with van der Waals surface area (Å²) >= 11 is 0. The molecule has 0 bridgehead atoms. The molecule has 0 aromatic heterocycles. The molecule has 114 valence electrons. The molecule has 0 amide bonds. The minimum absolute atomic E-state index is 0.512. The highest BCUT2D eigenvalue weighted by atomic mass is 16.4. The van der Waals surface area contributed by atoms with E-state index in [2.05, 4.69) is 37.9 Å². The van der Waals surface area contributed by atoms with Gasteiger partial charge in [-0.3, -0.25) is 4.79 Å². The first-order valence-electron chi connectivity index (χ1n) is 7.45. The van der Waals surface area contributed by atoms with Crippen LogP contribution >= 0.6 is 0 Å². The van der Waals surface area contributed by atoms with Gasteiger partial charge in [0.25, 0.3) is 0 Å². The minimum Gasteiger partial charge on any atom is -0.480 e. The lowest BCUT2D eigenvalue weighted by Gasteiger charge is -2.31. The molecule has 0 spiro atoms. The summed E-state index contributed by atoms with van der Waals surface area (Å²) in [5.41, 5.74) is -0.796. The van der Waals surface area contributed by atoms with Crippen molar-refractivity contribution < 1.29 is 9.90 Å². The lowest BCUT2D eigenvalue weighted by molar-refractivity contribution is -0.144. The van der Waals surface area contributed by atoms with Crippen LogP contribution in [0.5, 0.6) is 0 Å². The van der Waals surface area contributed by atoms with Crippen LogP contribution in [0.25, 0.3) is 0 Å². The van der Waals surface area contributed by atoms with Crippen molar-refractivity contribution in [3.63, 3.8) is 0 Å². The Bertz CT molecular complexity index is 267. The Balaban J connectivity index is 4.33. The van der Waals surface area contributed by atoms with Gasteiger partial charge < -0.3 is 15.3 Å². The van der Waals surface area contributed by atoms with Crippen LogP contribution in [0.15, 0.2) is 0 Å².